The Kier molecular flexibility index (Phi) is 8.60. The van der Waals surface area contributed by atoms with Gasteiger partial charge in [0.05, 0.1) is 6.54 Å². The van der Waals surface area contributed by atoms with Gasteiger partial charge < -0.3 is 20.0 Å². The van der Waals surface area contributed by atoms with E-state index >= 15 is 0 Å². The highest BCUT2D eigenvalue weighted by molar-refractivity contribution is 9.10. The summed E-state index contributed by atoms with van der Waals surface area (Å²) < 4.78 is 5.68. The minimum absolute atomic E-state index is 0. The van der Waals surface area contributed by atoms with Crippen LogP contribution in [-0.2, 0) is 4.79 Å². The third kappa shape index (κ3) is 6.50. The molecule has 2 amide bonds. The van der Waals surface area contributed by atoms with Gasteiger partial charge in [-0.05, 0) is 28.1 Å². The zero-order chi connectivity index (χ0) is 15.9. The van der Waals surface area contributed by atoms with Crippen molar-refractivity contribution in [2.75, 3.05) is 52.9 Å². The van der Waals surface area contributed by atoms with Crippen LogP contribution in [0.5, 0.6) is 0 Å². The summed E-state index contributed by atoms with van der Waals surface area (Å²) in [6, 6.07) is 3.22. The molecule has 1 aromatic rings. The van der Waals surface area contributed by atoms with E-state index in [0.717, 1.165) is 32.7 Å². The number of amides is 2. The van der Waals surface area contributed by atoms with E-state index in [2.05, 4.69) is 31.5 Å². The molecule has 1 aliphatic rings. The molecular formula is C14H22BrClN4O3. The standard InChI is InChI=1S/C14H21BrN4O3.ClH/c1-18(14(21)11-2-3-12(15)22-11)10-13(20)17-6-9-19-7-4-16-5-8-19;/h2-3,16H,4-10H2,1H3,(H,17,20);1H. The van der Waals surface area contributed by atoms with Crippen LogP contribution in [0.4, 0.5) is 0 Å². The first-order valence-corrected chi connectivity index (χ1v) is 8.06. The maximum absolute atomic E-state index is 12.0. The number of rotatable bonds is 6. The Morgan fingerprint density at radius 2 is 2.09 bits per heavy atom. The van der Waals surface area contributed by atoms with Crippen molar-refractivity contribution in [3.05, 3.63) is 22.6 Å². The summed E-state index contributed by atoms with van der Waals surface area (Å²) in [5.74, 6) is -0.275. The predicted octanol–water partition coefficient (Wildman–Crippen LogP) is 0.557. The highest BCUT2D eigenvalue weighted by Crippen LogP contribution is 2.15. The molecule has 1 saturated heterocycles. The minimum Gasteiger partial charge on any atom is -0.444 e. The monoisotopic (exact) mass is 408 g/mol. The molecule has 1 fully saturated rings. The van der Waals surface area contributed by atoms with Crippen molar-refractivity contribution in [1.82, 2.24) is 20.4 Å². The first-order valence-electron chi connectivity index (χ1n) is 7.27. The van der Waals surface area contributed by atoms with E-state index in [-0.39, 0.29) is 36.5 Å². The number of halogens is 2. The number of carbonyl (C=O) groups is 2. The van der Waals surface area contributed by atoms with Gasteiger partial charge in [0.1, 0.15) is 0 Å². The van der Waals surface area contributed by atoms with Crippen LogP contribution >= 0.6 is 28.3 Å². The van der Waals surface area contributed by atoms with Gasteiger partial charge in [-0.3, -0.25) is 14.5 Å². The molecular weight excluding hydrogens is 388 g/mol. The Morgan fingerprint density at radius 1 is 1.39 bits per heavy atom. The van der Waals surface area contributed by atoms with Gasteiger partial charge in [0.2, 0.25) is 5.91 Å². The molecule has 23 heavy (non-hydrogen) atoms. The average Bonchev–Trinajstić information content (AvgIpc) is 2.94. The fraction of sp³-hybridized carbons (Fsp3) is 0.571. The van der Waals surface area contributed by atoms with Crippen LogP contribution in [-0.4, -0.2) is 74.5 Å². The van der Waals surface area contributed by atoms with Gasteiger partial charge >= 0.3 is 0 Å². The van der Waals surface area contributed by atoms with Gasteiger partial charge in [-0.25, -0.2) is 0 Å². The quantitative estimate of drug-likeness (QED) is 0.718. The summed E-state index contributed by atoms with van der Waals surface area (Å²) in [6.45, 7) is 5.42. The molecule has 1 aliphatic heterocycles. The predicted molar refractivity (Wildman–Crippen MR) is 92.9 cm³/mol. The molecule has 0 bridgehead atoms. The molecule has 0 spiro atoms. The van der Waals surface area contributed by atoms with Crippen LogP contribution in [0.2, 0.25) is 0 Å². The Morgan fingerprint density at radius 3 is 2.70 bits per heavy atom. The molecule has 7 nitrogen and oxygen atoms in total. The number of likely N-dealkylation sites (N-methyl/N-ethyl adjacent to an activating group) is 1. The molecule has 130 valence electrons. The summed E-state index contributed by atoms with van der Waals surface area (Å²) in [6.07, 6.45) is 0. The number of hydrogen-bond acceptors (Lipinski definition) is 5. The Labute approximate surface area is 150 Å². The lowest BCUT2D eigenvalue weighted by atomic mass is 10.3. The van der Waals surface area contributed by atoms with Crippen molar-refractivity contribution in [2.45, 2.75) is 0 Å². The smallest absolute Gasteiger partial charge is 0.289 e. The third-order valence-electron chi connectivity index (χ3n) is 3.47. The first-order chi connectivity index (χ1) is 10.6. The van der Waals surface area contributed by atoms with Crippen molar-refractivity contribution < 1.29 is 14.0 Å². The van der Waals surface area contributed by atoms with Crippen LogP contribution in [0.25, 0.3) is 0 Å². The van der Waals surface area contributed by atoms with Gasteiger partial charge in [-0.1, -0.05) is 0 Å². The molecule has 0 saturated carbocycles. The molecule has 0 atom stereocenters. The Hall–Kier alpha value is -1.09. The number of nitrogens with zero attached hydrogens (tertiary/aromatic N) is 2. The molecule has 9 heteroatoms. The molecule has 0 aromatic carbocycles. The lowest BCUT2D eigenvalue weighted by molar-refractivity contribution is -0.121. The SMILES string of the molecule is CN(CC(=O)NCCN1CCNCC1)C(=O)c1ccc(Br)o1.Cl. The summed E-state index contributed by atoms with van der Waals surface area (Å²) in [5.41, 5.74) is 0. The van der Waals surface area contributed by atoms with Crippen molar-refractivity contribution >= 4 is 40.2 Å². The fourth-order valence-electron chi connectivity index (χ4n) is 2.25. The molecule has 0 aliphatic carbocycles. The van der Waals surface area contributed by atoms with Crippen LogP contribution in [0.15, 0.2) is 21.2 Å². The van der Waals surface area contributed by atoms with Crippen LogP contribution in [0.3, 0.4) is 0 Å². The molecule has 2 rings (SSSR count). The molecule has 2 N–H and O–H groups in total. The number of nitrogens with one attached hydrogen (secondary N) is 2. The molecule has 2 heterocycles. The van der Waals surface area contributed by atoms with Gasteiger partial charge in [0.15, 0.2) is 10.4 Å². The first kappa shape index (κ1) is 20.0. The van der Waals surface area contributed by atoms with Crippen LogP contribution < -0.4 is 10.6 Å². The summed E-state index contributed by atoms with van der Waals surface area (Å²) in [5, 5.41) is 6.12. The number of piperazine rings is 1. The van der Waals surface area contributed by atoms with E-state index in [0.29, 0.717) is 11.2 Å². The molecule has 1 aromatic heterocycles. The topological polar surface area (TPSA) is 77.8 Å². The second kappa shape index (κ2) is 9.92. The highest BCUT2D eigenvalue weighted by atomic mass is 79.9. The number of carbonyl (C=O) groups excluding carboxylic acids is 2. The van der Waals surface area contributed by atoms with Crippen LogP contribution in [0, 0.1) is 0 Å². The normalized spacial score (nSPS) is 14.9. The highest BCUT2D eigenvalue weighted by Gasteiger charge is 2.18. The van der Waals surface area contributed by atoms with Crippen LogP contribution in [0.1, 0.15) is 10.6 Å². The minimum atomic E-state index is -0.317. The summed E-state index contributed by atoms with van der Waals surface area (Å²) in [7, 11) is 1.58. The lowest BCUT2D eigenvalue weighted by Gasteiger charge is -2.27. The fourth-order valence-corrected chi connectivity index (χ4v) is 2.56. The van der Waals surface area contributed by atoms with Gasteiger partial charge in [0.25, 0.3) is 5.91 Å². The maximum Gasteiger partial charge on any atom is 0.289 e. The molecule has 0 radical (unpaired) electrons. The maximum atomic E-state index is 12.0. The zero-order valence-electron chi connectivity index (χ0n) is 13.0. The summed E-state index contributed by atoms with van der Waals surface area (Å²) in [4.78, 5) is 27.5. The van der Waals surface area contributed by atoms with Crippen molar-refractivity contribution in [3.63, 3.8) is 0 Å². The second-order valence-corrected chi connectivity index (χ2v) is 5.99. The van der Waals surface area contributed by atoms with E-state index in [1.165, 1.54) is 4.90 Å². The van der Waals surface area contributed by atoms with E-state index in [1.54, 1.807) is 19.2 Å². The van der Waals surface area contributed by atoms with Crippen molar-refractivity contribution in [2.24, 2.45) is 0 Å². The van der Waals surface area contributed by atoms with E-state index in [4.69, 9.17) is 4.42 Å². The van der Waals surface area contributed by atoms with Gasteiger partial charge in [-0.15, -0.1) is 12.4 Å². The average molecular weight is 410 g/mol. The van der Waals surface area contributed by atoms with Gasteiger partial charge in [-0.2, -0.15) is 0 Å². The summed E-state index contributed by atoms with van der Waals surface area (Å²) >= 11 is 3.15. The second-order valence-electron chi connectivity index (χ2n) is 5.21. The van der Waals surface area contributed by atoms with Gasteiger partial charge in [0, 0.05) is 46.3 Å². The number of hydrogen-bond donors (Lipinski definition) is 2. The molecule has 0 unspecified atom stereocenters. The van der Waals surface area contributed by atoms with E-state index in [9.17, 15) is 9.59 Å². The third-order valence-corrected chi connectivity index (χ3v) is 3.90. The Balaban J connectivity index is 0.00000264. The van der Waals surface area contributed by atoms with E-state index in [1.807, 2.05) is 0 Å². The largest absolute Gasteiger partial charge is 0.444 e. The zero-order valence-corrected chi connectivity index (χ0v) is 15.4. The van der Waals surface area contributed by atoms with Crippen molar-refractivity contribution in [1.29, 1.82) is 0 Å². The van der Waals surface area contributed by atoms with Crippen molar-refractivity contribution in [3.8, 4) is 0 Å². The number of furan rings is 1. The van der Waals surface area contributed by atoms with E-state index < -0.39 is 0 Å². The Bertz CT molecular complexity index is 520. The lowest BCUT2D eigenvalue weighted by Crippen LogP contribution is -2.47.